The van der Waals surface area contributed by atoms with Gasteiger partial charge in [0.25, 0.3) is 0 Å². The lowest BCUT2D eigenvalue weighted by molar-refractivity contribution is 0.357. The fourth-order valence-corrected chi connectivity index (χ4v) is 2.82. The molecule has 2 nitrogen and oxygen atoms in total. The lowest BCUT2D eigenvalue weighted by atomic mass is 9.99. The molecule has 1 aliphatic rings. The Balaban J connectivity index is 1.85. The molecule has 2 heteroatoms. The highest BCUT2D eigenvalue weighted by Gasteiger charge is 2.13. The molecule has 1 N–H and O–H groups in total. The van der Waals surface area contributed by atoms with Crippen molar-refractivity contribution >= 4 is 0 Å². The van der Waals surface area contributed by atoms with Gasteiger partial charge < -0.3 is 10.1 Å². The van der Waals surface area contributed by atoms with Gasteiger partial charge in [-0.1, -0.05) is 38.8 Å². The van der Waals surface area contributed by atoms with Crippen LogP contribution in [0.3, 0.4) is 0 Å². The molecule has 106 valence electrons. The average Bonchev–Trinajstić information content (AvgIpc) is 2.89. The maximum Gasteiger partial charge on any atom is 0.122 e. The Bertz CT molecular complexity index is 389. The van der Waals surface area contributed by atoms with Crippen molar-refractivity contribution in [1.29, 1.82) is 0 Å². The number of ether oxygens (including phenoxy) is 1. The maximum absolute atomic E-state index is 5.56. The van der Waals surface area contributed by atoms with Gasteiger partial charge in [-0.05, 0) is 43.0 Å². The lowest BCUT2D eigenvalue weighted by Crippen LogP contribution is -2.29. The van der Waals surface area contributed by atoms with Crippen LogP contribution in [0.2, 0.25) is 0 Å². The van der Waals surface area contributed by atoms with Crippen molar-refractivity contribution in [2.45, 2.75) is 58.4 Å². The monoisotopic (exact) mass is 261 g/mol. The predicted molar refractivity (Wildman–Crippen MR) is 81.0 cm³/mol. The summed E-state index contributed by atoms with van der Waals surface area (Å²) in [6.07, 6.45) is 7.42. The second-order valence-corrected chi connectivity index (χ2v) is 5.48. The van der Waals surface area contributed by atoms with E-state index in [1.54, 1.807) is 0 Å². The lowest BCUT2D eigenvalue weighted by Gasteiger charge is -2.17. The molecule has 1 unspecified atom stereocenters. The van der Waals surface area contributed by atoms with Crippen molar-refractivity contribution < 1.29 is 4.74 Å². The highest BCUT2D eigenvalue weighted by Crippen LogP contribution is 2.26. The highest BCUT2D eigenvalue weighted by atomic mass is 16.5. The molecule has 1 aliphatic heterocycles. The van der Waals surface area contributed by atoms with Crippen molar-refractivity contribution in [2.24, 2.45) is 0 Å². The number of rotatable bonds is 8. The van der Waals surface area contributed by atoms with Gasteiger partial charge in [0.15, 0.2) is 0 Å². The summed E-state index contributed by atoms with van der Waals surface area (Å²) < 4.78 is 5.56. The Morgan fingerprint density at radius 1 is 1.26 bits per heavy atom. The third kappa shape index (κ3) is 4.24. The summed E-state index contributed by atoms with van der Waals surface area (Å²) in [4.78, 5) is 0. The Morgan fingerprint density at radius 2 is 2.16 bits per heavy atom. The highest BCUT2D eigenvalue weighted by molar-refractivity contribution is 5.39. The number of hydrogen-bond donors (Lipinski definition) is 1. The van der Waals surface area contributed by atoms with Crippen LogP contribution in [0.1, 0.15) is 50.7 Å². The van der Waals surface area contributed by atoms with Crippen LogP contribution >= 0.6 is 0 Å². The van der Waals surface area contributed by atoms with Crippen LogP contribution in [0.15, 0.2) is 18.2 Å². The van der Waals surface area contributed by atoms with Gasteiger partial charge >= 0.3 is 0 Å². The smallest absolute Gasteiger partial charge is 0.122 e. The zero-order chi connectivity index (χ0) is 13.5. The molecule has 0 radical (unpaired) electrons. The minimum absolute atomic E-state index is 0.675. The summed E-state index contributed by atoms with van der Waals surface area (Å²) >= 11 is 0. The van der Waals surface area contributed by atoms with Gasteiger partial charge in [0.2, 0.25) is 0 Å². The number of nitrogens with one attached hydrogen (secondary N) is 1. The minimum Gasteiger partial charge on any atom is -0.493 e. The second-order valence-electron chi connectivity index (χ2n) is 5.48. The molecule has 1 aromatic rings. The van der Waals surface area contributed by atoms with E-state index in [0.717, 1.165) is 25.3 Å². The summed E-state index contributed by atoms with van der Waals surface area (Å²) in [7, 11) is 0. The average molecular weight is 261 g/mol. The van der Waals surface area contributed by atoms with Crippen LogP contribution in [-0.4, -0.2) is 19.2 Å². The third-order valence-corrected chi connectivity index (χ3v) is 3.93. The number of aryl methyl sites for hydroxylation is 1. The summed E-state index contributed by atoms with van der Waals surface area (Å²) in [5.41, 5.74) is 2.86. The molecule has 1 atom stereocenters. The predicted octanol–water partition coefficient (Wildman–Crippen LogP) is 3.72. The van der Waals surface area contributed by atoms with Gasteiger partial charge in [-0.3, -0.25) is 0 Å². The van der Waals surface area contributed by atoms with Crippen molar-refractivity contribution in [3.8, 4) is 5.75 Å². The van der Waals surface area contributed by atoms with E-state index in [0.29, 0.717) is 6.04 Å². The van der Waals surface area contributed by atoms with E-state index in [1.165, 1.54) is 43.2 Å². The molecule has 0 saturated carbocycles. The Kier molecular flexibility index (Phi) is 5.71. The quantitative estimate of drug-likeness (QED) is 0.770. The van der Waals surface area contributed by atoms with E-state index >= 15 is 0 Å². The van der Waals surface area contributed by atoms with Crippen LogP contribution in [0.25, 0.3) is 0 Å². The van der Waals surface area contributed by atoms with E-state index < -0.39 is 0 Å². The Morgan fingerprint density at radius 3 is 2.95 bits per heavy atom. The van der Waals surface area contributed by atoms with Crippen LogP contribution in [0.5, 0.6) is 5.75 Å². The van der Waals surface area contributed by atoms with Crippen molar-refractivity contribution in [1.82, 2.24) is 5.32 Å². The Labute approximate surface area is 117 Å². The maximum atomic E-state index is 5.56. The van der Waals surface area contributed by atoms with E-state index in [2.05, 4.69) is 37.4 Å². The summed E-state index contributed by atoms with van der Waals surface area (Å²) in [5, 5.41) is 3.62. The first kappa shape index (κ1) is 14.4. The zero-order valence-corrected chi connectivity index (χ0v) is 12.4. The zero-order valence-electron chi connectivity index (χ0n) is 12.4. The fourth-order valence-electron chi connectivity index (χ4n) is 2.82. The molecule has 2 rings (SSSR count). The number of benzene rings is 1. The first-order valence-corrected chi connectivity index (χ1v) is 7.81. The minimum atomic E-state index is 0.675. The molecule has 0 bridgehead atoms. The van der Waals surface area contributed by atoms with E-state index in [4.69, 9.17) is 4.74 Å². The molecule has 0 saturated heterocycles. The summed E-state index contributed by atoms with van der Waals surface area (Å²) in [6.45, 7) is 6.40. The molecule has 0 spiro atoms. The first-order valence-electron chi connectivity index (χ1n) is 7.81. The molecule has 19 heavy (non-hydrogen) atoms. The van der Waals surface area contributed by atoms with Crippen LogP contribution in [0.4, 0.5) is 0 Å². The molecule has 0 fully saturated rings. The van der Waals surface area contributed by atoms with Crippen molar-refractivity contribution in [2.75, 3.05) is 13.2 Å². The molecule has 0 aliphatic carbocycles. The van der Waals surface area contributed by atoms with E-state index in [1.807, 2.05) is 0 Å². The summed E-state index contributed by atoms with van der Waals surface area (Å²) in [6, 6.07) is 7.39. The van der Waals surface area contributed by atoms with Gasteiger partial charge in [0.1, 0.15) is 5.75 Å². The standard InChI is InChI=1S/C17H27NO/c1-3-5-6-16(18-4-2)9-7-14-8-10-17-15(13-14)11-12-19-17/h8,10,13,16,18H,3-7,9,11-12H2,1-2H3. The topological polar surface area (TPSA) is 21.3 Å². The van der Waals surface area contributed by atoms with E-state index in [-0.39, 0.29) is 0 Å². The van der Waals surface area contributed by atoms with Crippen molar-refractivity contribution in [3.05, 3.63) is 29.3 Å². The molecule has 0 aromatic heterocycles. The SMILES string of the molecule is CCCCC(CCc1ccc2c(c1)CCO2)NCC. The molecular weight excluding hydrogens is 234 g/mol. The van der Waals surface area contributed by atoms with Gasteiger partial charge in [0.05, 0.1) is 6.61 Å². The fraction of sp³-hybridized carbons (Fsp3) is 0.647. The number of unbranched alkanes of at least 4 members (excludes halogenated alkanes) is 1. The number of fused-ring (bicyclic) bond motifs is 1. The second kappa shape index (κ2) is 7.54. The van der Waals surface area contributed by atoms with Crippen LogP contribution < -0.4 is 10.1 Å². The Hall–Kier alpha value is -1.02. The van der Waals surface area contributed by atoms with Crippen LogP contribution in [-0.2, 0) is 12.8 Å². The van der Waals surface area contributed by atoms with Gasteiger partial charge in [-0.15, -0.1) is 0 Å². The molecular formula is C17H27NO. The van der Waals surface area contributed by atoms with E-state index in [9.17, 15) is 0 Å². The van der Waals surface area contributed by atoms with Gasteiger partial charge in [0, 0.05) is 12.5 Å². The van der Waals surface area contributed by atoms with Gasteiger partial charge in [-0.25, -0.2) is 0 Å². The van der Waals surface area contributed by atoms with Crippen LogP contribution in [0, 0.1) is 0 Å². The third-order valence-electron chi connectivity index (χ3n) is 3.93. The summed E-state index contributed by atoms with van der Waals surface area (Å²) in [5.74, 6) is 1.10. The normalized spacial score (nSPS) is 15.1. The molecule has 1 aromatic carbocycles. The largest absolute Gasteiger partial charge is 0.493 e. The first-order chi connectivity index (χ1) is 9.33. The van der Waals surface area contributed by atoms with Gasteiger partial charge in [-0.2, -0.15) is 0 Å². The molecule has 0 amide bonds. The van der Waals surface area contributed by atoms with Crippen molar-refractivity contribution in [3.63, 3.8) is 0 Å². The number of hydrogen-bond acceptors (Lipinski definition) is 2. The molecule has 1 heterocycles.